The van der Waals surface area contributed by atoms with E-state index in [1.807, 2.05) is 13.0 Å². The van der Waals surface area contributed by atoms with E-state index in [1.54, 1.807) is 0 Å². The van der Waals surface area contributed by atoms with Crippen molar-refractivity contribution < 1.29 is 9.84 Å². The van der Waals surface area contributed by atoms with E-state index < -0.39 is 0 Å². The average molecular weight is 246 g/mol. The fraction of sp³-hybridized carbons (Fsp3) is 0.600. The third-order valence-corrected chi connectivity index (χ3v) is 2.07. The van der Waals surface area contributed by atoms with Gasteiger partial charge in [-0.1, -0.05) is 6.92 Å². The number of hydrogen-bond donors (Lipinski definition) is 2. The summed E-state index contributed by atoms with van der Waals surface area (Å²) in [5, 5.41) is 11.8. The minimum Gasteiger partial charge on any atom is -0.394 e. The maximum absolute atomic E-state index is 8.50. The smallest absolute Gasteiger partial charge is 0.224 e. The summed E-state index contributed by atoms with van der Waals surface area (Å²) < 4.78 is 5.10. The third-order valence-electron chi connectivity index (χ3n) is 1.90. The van der Waals surface area contributed by atoms with Gasteiger partial charge in [0.25, 0.3) is 0 Å². The van der Waals surface area contributed by atoms with Crippen LogP contribution in [-0.2, 0) is 11.2 Å². The first kappa shape index (κ1) is 13.2. The minimum absolute atomic E-state index is 0.0410. The molecule has 1 aromatic heterocycles. The van der Waals surface area contributed by atoms with E-state index in [0.717, 1.165) is 12.1 Å². The number of ether oxygens (including phenoxy) is 1. The van der Waals surface area contributed by atoms with E-state index in [-0.39, 0.29) is 11.9 Å². The molecule has 0 aromatic carbocycles. The SMILES string of the molecule is CCc1cc(NCCOCCO)nc(Cl)n1. The molecule has 5 nitrogen and oxygen atoms in total. The van der Waals surface area contributed by atoms with Gasteiger partial charge in [-0.25, -0.2) is 9.97 Å². The zero-order chi connectivity index (χ0) is 11.8. The van der Waals surface area contributed by atoms with E-state index in [9.17, 15) is 0 Å². The number of aliphatic hydroxyl groups excluding tert-OH is 1. The van der Waals surface area contributed by atoms with E-state index >= 15 is 0 Å². The lowest BCUT2D eigenvalue weighted by Crippen LogP contribution is -2.12. The van der Waals surface area contributed by atoms with Crippen LogP contribution in [0.4, 0.5) is 5.82 Å². The fourth-order valence-corrected chi connectivity index (χ4v) is 1.35. The van der Waals surface area contributed by atoms with Crippen LogP contribution in [0.15, 0.2) is 6.07 Å². The highest BCUT2D eigenvalue weighted by atomic mass is 35.5. The van der Waals surface area contributed by atoms with Crippen molar-refractivity contribution in [3.8, 4) is 0 Å². The summed E-state index contributed by atoms with van der Waals surface area (Å²) in [6, 6.07) is 1.86. The van der Waals surface area contributed by atoms with Gasteiger partial charge in [-0.3, -0.25) is 0 Å². The van der Waals surface area contributed by atoms with Crippen LogP contribution in [0.1, 0.15) is 12.6 Å². The highest BCUT2D eigenvalue weighted by Gasteiger charge is 2.00. The van der Waals surface area contributed by atoms with Crippen molar-refractivity contribution in [2.24, 2.45) is 0 Å². The Morgan fingerprint density at radius 1 is 1.44 bits per heavy atom. The quantitative estimate of drug-likeness (QED) is 0.557. The molecule has 1 aromatic rings. The van der Waals surface area contributed by atoms with Crippen LogP contribution in [0.25, 0.3) is 0 Å². The summed E-state index contributed by atoms with van der Waals surface area (Å²) in [7, 11) is 0. The Bertz CT molecular complexity index is 323. The molecule has 0 spiro atoms. The average Bonchev–Trinajstić information content (AvgIpc) is 2.28. The number of aryl methyl sites for hydroxylation is 1. The molecule has 0 aliphatic rings. The van der Waals surface area contributed by atoms with Crippen LogP contribution in [0.2, 0.25) is 5.28 Å². The Balaban J connectivity index is 2.38. The monoisotopic (exact) mass is 245 g/mol. The number of nitrogens with zero attached hydrogens (tertiary/aromatic N) is 2. The molecule has 0 fully saturated rings. The van der Waals surface area contributed by atoms with Crippen molar-refractivity contribution in [2.75, 3.05) is 31.7 Å². The number of aromatic nitrogens is 2. The standard InChI is InChI=1S/C10H16ClN3O2/c1-2-8-7-9(14-10(11)13-8)12-3-5-16-6-4-15/h7,15H,2-6H2,1H3,(H,12,13,14). The fourth-order valence-electron chi connectivity index (χ4n) is 1.15. The Kier molecular flexibility index (Phi) is 6.07. The van der Waals surface area contributed by atoms with Crippen molar-refractivity contribution in [1.29, 1.82) is 0 Å². The first-order valence-electron chi connectivity index (χ1n) is 5.22. The molecule has 0 aliphatic carbocycles. The topological polar surface area (TPSA) is 67.3 Å². The van der Waals surface area contributed by atoms with E-state index in [0.29, 0.717) is 25.6 Å². The van der Waals surface area contributed by atoms with Crippen molar-refractivity contribution in [3.63, 3.8) is 0 Å². The van der Waals surface area contributed by atoms with E-state index in [1.165, 1.54) is 0 Å². The van der Waals surface area contributed by atoms with Gasteiger partial charge in [-0.2, -0.15) is 0 Å². The number of hydrogen-bond acceptors (Lipinski definition) is 5. The maximum Gasteiger partial charge on any atom is 0.224 e. The molecular weight excluding hydrogens is 230 g/mol. The number of nitrogens with one attached hydrogen (secondary N) is 1. The largest absolute Gasteiger partial charge is 0.394 e. The molecule has 6 heteroatoms. The maximum atomic E-state index is 8.50. The molecule has 90 valence electrons. The zero-order valence-corrected chi connectivity index (χ0v) is 10.00. The molecule has 16 heavy (non-hydrogen) atoms. The van der Waals surface area contributed by atoms with Gasteiger partial charge in [0, 0.05) is 18.3 Å². The number of rotatable bonds is 7. The van der Waals surface area contributed by atoms with Crippen LogP contribution >= 0.6 is 11.6 Å². The van der Waals surface area contributed by atoms with Crippen molar-refractivity contribution in [3.05, 3.63) is 17.0 Å². The molecule has 0 bridgehead atoms. The highest BCUT2D eigenvalue weighted by molar-refractivity contribution is 6.28. The van der Waals surface area contributed by atoms with Gasteiger partial charge in [-0.05, 0) is 18.0 Å². The van der Waals surface area contributed by atoms with Gasteiger partial charge in [0.15, 0.2) is 0 Å². The number of anilines is 1. The second-order valence-electron chi connectivity index (χ2n) is 3.13. The summed E-state index contributed by atoms with van der Waals surface area (Å²) in [6.07, 6.45) is 0.817. The summed E-state index contributed by atoms with van der Waals surface area (Å²) in [4.78, 5) is 8.10. The minimum atomic E-state index is 0.0410. The van der Waals surface area contributed by atoms with Crippen molar-refractivity contribution in [1.82, 2.24) is 9.97 Å². The molecule has 0 atom stereocenters. The third kappa shape index (κ3) is 4.74. The molecule has 0 unspecified atom stereocenters. The Morgan fingerprint density at radius 2 is 2.25 bits per heavy atom. The van der Waals surface area contributed by atoms with Crippen LogP contribution < -0.4 is 5.32 Å². The Labute approximate surface area is 99.8 Å². The van der Waals surface area contributed by atoms with Crippen molar-refractivity contribution in [2.45, 2.75) is 13.3 Å². The van der Waals surface area contributed by atoms with E-state index in [4.69, 9.17) is 21.4 Å². The molecule has 1 rings (SSSR count). The van der Waals surface area contributed by atoms with Gasteiger partial charge >= 0.3 is 0 Å². The molecule has 0 radical (unpaired) electrons. The second-order valence-corrected chi connectivity index (χ2v) is 3.47. The zero-order valence-electron chi connectivity index (χ0n) is 9.24. The molecule has 1 heterocycles. The summed E-state index contributed by atoms with van der Waals surface area (Å²) in [5.41, 5.74) is 0.902. The van der Waals surface area contributed by atoms with E-state index in [2.05, 4.69) is 15.3 Å². The molecule has 0 saturated carbocycles. The Morgan fingerprint density at radius 3 is 2.94 bits per heavy atom. The predicted molar refractivity (Wildman–Crippen MR) is 62.8 cm³/mol. The molecule has 2 N–H and O–H groups in total. The van der Waals surface area contributed by atoms with Gasteiger partial charge in [0.2, 0.25) is 5.28 Å². The van der Waals surface area contributed by atoms with Gasteiger partial charge in [-0.15, -0.1) is 0 Å². The van der Waals surface area contributed by atoms with Crippen LogP contribution in [-0.4, -0.2) is 41.4 Å². The lowest BCUT2D eigenvalue weighted by molar-refractivity contribution is 0.0992. The normalized spacial score (nSPS) is 10.4. The van der Waals surface area contributed by atoms with Crippen LogP contribution in [0.5, 0.6) is 0 Å². The molecule has 0 saturated heterocycles. The first-order valence-corrected chi connectivity index (χ1v) is 5.60. The molecule has 0 aliphatic heterocycles. The molecule has 0 amide bonds. The van der Waals surface area contributed by atoms with Gasteiger partial charge in [0.1, 0.15) is 5.82 Å². The van der Waals surface area contributed by atoms with Crippen LogP contribution in [0.3, 0.4) is 0 Å². The number of aliphatic hydroxyl groups is 1. The predicted octanol–water partition coefficient (Wildman–Crippen LogP) is 1.11. The second kappa shape index (κ2) is 7.38. The highest BCUT2D eigenvalue weighted by Crippen LogP contribution is 2.10. The van der Waals surface area contributed by atoms with Crippen LogP contribution in [0, 0.1) is 0 Å². The van der Waals surface area contributed by atoms with Gasteiger partial charge < -0.3 is 15.2 Å². The molecular formula is C10H16ClN3O2. The number of halogens is 1. The summed E-state index contributed by atoms with van der Waals surface area (Å²) >= 11 is 5.76. The van der Waals surface area contributed by atoms with Gasteiger partial charge in [0.05, 0.1) is 19.8 Å². The lowest BCUT2D eigenvalue weighted by Gasteiger charge is -2.07. The summed E-state index contributed by atoms with van der Waals surface area (Å²) in [6.45, 7) is 3.54. The summed E-state index contributed by atoms with van der Waals surface area (Å²) in [5.74, 6) is 0.699. The first-order chi connectivity index (χ1) is 7.76. The lowest BCUT2D eigenvalue weighted by atomic mass is 10.3. The van der Waals surface area contributed by atoms with Crippen molar-refractivity contribution >= 4 is 17.4 Å². The Hall–Kier alpha value is -0.910.